The predicted molar refractivity (Wildman–Crippen MR) is 313 cm³/mol. The smallest absolute Gasteiger partial charge is 0.278 e. The largest absolute Gasteiger partial charge is 0.493 e. The van der Waals surface area contributed by atoms with Crippen molar-refractivity contribution in [1.82, 2.24) is 31.1 Å². The van der Waals surface area contributed by atoms with Crippen molar-refractivity contribution in [2.24, 2.45) is 0 Å². The number of hydrogen-bond acceptors (Lipinski definition) is 18. The molecule has 4 heterocycles. The van der Waals surface area contributed by atoms with Gasteiger partial charge in [-0.2, -0.15) is 4.58 Å². The third-order valence-electron chi connectivity index (χ3n) is 16.1. The number of Topliss-reactive ketones (excluding diaryl/α,β-unsaturated/α-hetero) is 1. The Balaban J connectivity index is 0.844. The highest BCUT2D eigenvalue weighted by molar-refractivity contribution is 7.94. The van der Waals surface area contributed by atoms with Crippen LogP contribution in [0.5, 0.6) is 11.5 Å². The van der Waals surface area contributed by atoms with Crippen LogP contribution in [0.15, 0.2) is 108 Å². The number of ketones is 1. The molecule has 0 radical (unpaired) electrons. The number of likely N-dealkylation sites (tertiary alicyclic amines) is 1. The van der Waals surface area contributed by atoms with E-state index in [4.69, 9.17) is 19.5 Å². The molecule has 1 fully saturated rings. The van der Waals surface area contributed by atoms with Gasteiger partial charge < -0.3 is 45.3 Å². The summed E-state index contributed by atoms with van der Waals surface area (Å²) in [6.07, 6.45) is 8.36. The lowest BCUT2D eigenvalue weighted by molar-refractivity contribution is -0.432. The number of likely N-dealkylation sites (N-methyl/N-ethyl adjacent to an activating group) is 1. The summed E-state index contributed by atoms with van der Waals surface area (Å²) in [5.41, 5.74) is 7.20. The number of para-hydroxylation sites is 2. The Bertz CT molecular complexity index is 3210. The second-order valence-corrected chi connectivity index (χ2v) is 22.7. The molecule has 1 saturated heterocycles. The Morgan fingerprint density at radius 3 is 2.35 bits per heavy atom. The predicted octanol–water partition coefficient (Wildman–Crippen LogP) is 5.78. The van der Waals surface area contributed by atoms with E-state index in [0.717, 1.165) is 38.8 Å². The van der Waals surface area contributed by atoms with Crippen LogP contribution >= 0.6 is 12.0 Å². The molecule has 5 aliphatic rings. The number of methoxy groups -OCH3 is 1. The molecule has 3 aromatic carbocycles. The molecular weight excluding hydrogens is 1100 g/mol. The van der Waals surface area contributed by atoms with Crippen LogP contribution in [0.4, 0.5) is 17.1 Å². The highest BCUT2D eigenvalue weighted by atomic mass is 32.2. The normalized spacial score (nSPS) is 19.3. The van der Waals surface area contributed by atoms with Crippen LogP contribution in [0.3, 0.4) is 0 Å². The molecule has 5 amide bonds. The van der Waals surface area contributed by atoms with Crippen molar-refractivity contribution in [3.63, 3.8) is 0 Å². The fraction of sp³-hybridized carbons (Fsp3) is 0.450. The van der Waals surface area contributed by atoms with E-state index in [1.165, 1.54) is 31.4 Å². The Morgan fingerprint density at radius 1 is 0.917 bits per heavy atom. The van der Waals surface area contributed by atoms with Gasteiger partial charge in [0.15, 0.2) is 23.0 Å². The molecule has 0 bridgehead atoms. The van der Waals surface area contributed by atoms with Gasteiger partial charge in [-0.05, 0) is 70.2 Å². The van der Waals surface area contributed by atoms with E-state index in [1.54, 1.807) is 6.92 Å². The summed E-state index contributed by atoms with van der Waals surface area (Å²) in [5.74, 6) is -1.93. The monoisotopic (exact) mass is 1180 g/mol. The van der Waals surface area contributed by atoms with Gasteiger partial charge in [0.1, 0.15) is 25.7 Å². The van der Waals surface area contributed by atoms with Gasteiger partial charge in [0, 0.05) is 103 Å². The van der Waals surface area contributed by atoms with Gasteiger partial charge in [0.2, 0.25) is 23.4 Å². The Labute approximate surface area is 492 Å². The molecule has 448 valence electrons. The Hall–Kier alpha value is -7.74. The minimum atomic E-state index is -1.13. The number of hydrogen-bond donors (Lipinski definition) is 5. The van der Waals surface area contributed by atoms with Crippen molar-refractivity contribution in [2.75, 3.05) is 84.4 Å². The molecule has 23 nitrogen and oxygen atoms in total. The Kier molecular flexibility index (Phi) is 20.3. The number of fused-ring (bicyclic) bond motifs is 2. The molecule has 5 N–H and O–H groups in total. The molecule has 0 spiro atoms. The van der Waals surface area contributed by atoms with E-state index in [-0.39, 0.29) is 80.5 Å². The highest BCUT2D eigenvalue weighted by Gasteiger charge is 2.49. The number of nitrogens with one attached hydrogen (secondary N) is 4. The zero-order valence-corrected chi connectivity index (χ0v) is 49.4. The minimum absolute atomic E-state index is 0.0259. The lowest BCUT2D eigenvalue weighted by Gasteiger charge is -2.37. The summed E-state index contributed by atoms with van der Waals surface area (Å²) >= 11 is 0.625. The molecule has 1 aliphatic carbocycles. The molecule has 2 unspecified atom stereocenters. The lowest BCUT2D eigenvalue weighted by Crippen LogP contribution is -2.54. The van der Waals surface area contributed by atoms with Gasteiger partial charge in [0.05, 0.1) is 72.4 Å². The number of carbonyl (C=O) groups is 6. The van der Waals surface area contributed by atoms with Crippen molar-refractivity contribution >= 4 is 70.1 Å². The van der Waals surface area contributed by atoms with Crippen molar-refractivity contribution < 1.29 is 67.1 Å². The molecule has 84 heavy (non-hydrogen) atoms. The zero-order valence-electron chi connectivity index (χ0n) is 48.6. The number of imide groups is 1. The maximum atomic E-state index is 14.7. The first-order chi connectivity index (χ1) is 40.2. The third-order valence-corrected chi connectivity index (χ3v) is 16.7. The number of anilines is 1. The van der Waals surface area contributed by atoms with Crippen LogP contribution in [0.2, 0.25) is 0 Å². The first-order valence-corrected chi connectivity index (χ1v) is 28.9. The van der Waals surface area contributed by atoms with Gasteiger partial charge in [-0.1, -0.05) is 55.3 Å². The van der Waals surface area contributed by atoms with Gasteiger partial charge in [-0.15, -0.1) is 4.33 Å². The number of carbonyl (C=O) groups excluding carboxylic acids is 6. The number of nitrogens with zero attached hydrogens (tertiary/aromatic N) is 5. The zero-order chi connectivity index (χ0) is 60.5. The lowest BCUT2D eigenvalue weighted by atomic mass is 9.76. The van der Waals surface area contributed by atoms with E-state index in [9.17, 15) is 38.9 Å². The van der Waals surface area contributed by atoms with Crippen LogP contribution in [-0.4, -0.2) is 157 Å². The number of rotatable bonds is 29. The number of nitro benzene ring substituents is 1. The van der Waals surface area contributed by atoms with Crippen LogP contribution in [0.25, 0.3) is 0 Å². The quantitative estimate of drug-likeness (QED) is 0.00806. The van der Waals surface area contributed by atoms with Gasteiger partial charge >= 0.3 is 0 Å². The fourth-order valence-electron chi connectivity index (χ4n) is 11.6. The van der Waals surface area contributed by atoms with Crippen molar-refractivity contribution in [3.05, 3.63) is 134 Å². The van der Waals surface area contributed by atoms with E-state index >= 15 is 0 Å². The molecule has 8 rings (SSSR count). The Morgan fingerprint density at radius 2 is 1.64 bits per heavy atom. The maximum Gasteiger partial charge on any atom is 0.278 e. The second kappa shape index (κ2) is 27.3. The third kappa shape index (κ3) is 13.4. The van der Waals surface area contributed by atoms with Crippen molar-refractivity contribution in [1.29, 1.82) is 0 Å². The molecular formula is C60H74N9O14S+. The molecule has 4 aliphatic heterocycles. The molecule has 0 aromatic heterocycles. The number of allylic oxidation sites excluding steroid dienone is 5. The topological polar surface area (TPSA) is 273 Å². The first kappa shape index (κ1) is 62.3. The molecule has 24 heteroatoms. The maximum absolute atomic E-state index is 14.7. The SMILES string of the molecule is COc1cc(C(C)NCCOCCN2C(=O)C=CC2=O)c([N+](=O)[O-])cc1OCCNC(=O)CCCCNC(=O)C(CSOOO)NC(=O)[C@H]1CCCN1C1=C(/C=C2/N(C)c3ccccc3C2(C)C)C(=O)/C1=C\C1=[N+](C)c2ccccc2C1(C)C. The summed E-state index contributed by atoms with van der Waals surface area (Å²) < 4.78 is 23.6. The number of amides is 5. The summed E-state index contributed by atoms with van der Waals surface area (Å²) in [6.45, 7) is 11.8. The highest BCUT2D eigenvalue weighted by Crippen LogP contribution is 2.50. The van der Waals surface area contributed by atoms with Crippen LogP contribution in [0, 0.1) is 10.1 Å². The summed E-state index contributed by atoms with van der Waals surface area (Å²) in [7, 11) is 5.40. The average molecular weight is 1180 g/mol. The van der Waals surface area contributed by atoms with Gasteiger partial charge in [0.25, 0.3) is 17.5 Å². The van der Waals surface area contributed by atoms with E-state index < -0.39 is 57.5 Å². The number of unbranched alkanes of at least 4 members (excludes halogenated alkanes) is 1. The van der Waals surface area contributed by atoms with Crippen LogP contribution in [0.1, 0.15) is 89.5 Å². The van der Waals surface area contributed by atoms with Gasteiger partial charge in [-0.3, -0.25) is 43.8 Å². The number of nitro groups is 1. The molecule has 3 atom stereocenters. The minimum Gasteiger partial charge on any atom is -0.493 e. The summed E-state index contributed by atoms with van der Waals surface area (Å²) in [5, 5.41) is 36.6. The standard InChI is InChI=1S/C60H73N9O14S/c1-37(61-25-29-80-31-28-68-53(71)22-23-54(68)72)38-32-48(79-8)49(35-47(38)69(76)77)81-30-26-62-52(70)21-13-14-24-63-57(74)43(36-84-83-82-78)64-58(75)46-20-15-27-67(46)55-39(33-50-59(2,3)41-16-9-11-18-44(41)65(50)6)56(73)40(55)34-51-60(4,5)42-17-10-12-19-45(42)66(51)7/h9-12,16-19,22-23,32-35,37,43,46,61H,13-15,20-21,24-31,36H2,1-8H3,(H3-,62,63,64,70,74,75,78)/p+1/t37?,43?,46-/m1/s1. The van der Waals surface area contributed by atoms with Crippen LogP contribution < -0.4 is 35.6 Å². The van der Waals surface area contributed by atoms with Crippen molar-refractivity contribution in [2.45, 2.75) is 95.7 Å². The summed E-state index contributed by atoms with van der Waals surface area (Å²) in [6, 6.07) is 16.8. The molecule has 3 aromatic rings. The fourth-order valence-corrected chi connectivity index (χ4v) is 12.0. The molecule has 0 saturated carbocycles. The number of ether oxygens (including phenoxy) is 3. The van der Waals surface area contributed by atoms with E-state index in [0.29, 0.717) is 73.2 Å². The van der Waals surface area contributed by atoms with Gasteiger partial charge in [-0.25, -0.2) is 5.26 Å². The van der Waals surface area contributed by atoms with E-state index in [1.807, 2.05) is 55.4 Å². The summed E-state index contributed by atoms with van der Waals surface area (Å²) in [4.78, 5) is 96.1. The van der Waals surface area contributed by atoms with Crippen molar-refractivity contribution in [3.8, 4) is 11.5 Å². The second-order valence-electron chi connectivity index (χ2n) is 22.0. The van der Waals surface area contributed by atoms with Crippen LogP contribution in [-0.2, 0) is 53.7 Å². The number of benzene rings is 3. The average Bonchev–Trinajstić information content (AvgIpc) is 1.55. The first-order valence-electron chi connectivity index (χ1n) is 28.0. The van der Waals surface area contributed by atoms with E-state index in [2.05, 4.69) is 92.1 Å².